The van der Waals surface area contributed by atoms with Gasteiger partial charge in [0.05, 0.1) is 11.0 Å². The molecule has 0 bridgehead atoms. The monoisotopic (exact) mass is 810 g/mol. The Kier molecular flexibility index (Phi) is 8.79. The first-order chi connectivity index (χ1) is 30.7. The van der Waals surface area contributed by atoms with Crippen LogP contribution in [0, 0.1) is 0 Å². The molecule has 62 heavy (non-hydrogen) atoms. The number of fused-ring (bicyclic) bond motifs is 6. The Morgan fingerprint density at radius 3 is 1.85 bits per heavy atom. The van der Waals surface area contributed by atoms with Crippen molar-refractivity contribution < 1.29 is 0 Å². The van der Waals surface area contributed by atoms with E-state index in [1.807, 2.05) is 47.7 Å². The molecule has 5 heteroatoms. The third-order valence-electron chi connectivity index (χ3n) is 12.2. The van der Waals surface area contributed by atoms with Crippen LogP contribution in [0.3, 0.4) is 0 Å². The molecule has 8 aromatic carbocycles. The number of benzene rings is 8. The smallest absolute Gasteiger partial charge is 0.164 e. The van der Waals surface area contributed by atoms with Crippen LogP contribution in [-0.2, 0) is 0 Å². The lowest BCUT2D eigenvalue weighted by Gasteiger charge is -2.21. The number of rotatable bonds is 7. The van der Waals surface area contributed by atoms with E-state index in [4.69, 9.17) is 15.0 Å². The standard InChI is InChI=1S/C57H38N4S/c1-4-16-37(17-5-1)55-58-56(38-18-6-2-7-19-38)60-57(59-55)41-21-14-20-39(32-41)42-33-43(35-44(34-42)46-26-15-27-49-48-25-11-13-29-53(48)62-54(46)49)40-30-31-52-50(36-40)47-24-10-12-28-51(47)61(52)45-22-8-3-9-23-45/h1-31,33-36,39H,32H2. The lowest BCUT2D eigenvalue weighted by molar-refractivity contribution is 0.854. The maximum absolute atomic E-state index is 5.12. The first kappa shape index (κ1) is 36.1. The zero-order valence-electron chi connectivity index (χ0n) is 33.7. The molecule has 0 spiro atoms. The van der Waals surface area contributed by atoms with Gasteiger partial charge in [-0.25, -0.2) is 15.0 Å². The van der Waals surface area contributed by atoms with Crippen molar-refractivity contribution in [3.63, 3.8) is 0 Å². The molecule has 0 N–H and O–H groups in total. The fourth-order valence-electron chi connectivity index (χ4n) is 9.20. The van der Waals surface area contributed by atoms with E-state index in [2.05, 4.69) is 181 Å². The minimum absolute atomic E-state index is 0.0937. The van der Waals surface area contributed by atoms with Crippen molar-refractivity contribution >= 4 is 58.9 Å². The molecular formula is C57H38N4S. The van der Waals surface area contributed by atoms with Crippen LogP contribution in [0.15, 0.2) is 212 Å². The largest absolute Gasteiger partial charge is 0.309 e. The van der Waals surface area contributed by atoms with E-state index in [9.17, 15) is 0 Å². The van der Waals surface area contributed by atoms with Gasteiger partial charge < -0.3 is 4.57 Å². The van der Waals surface area contributed by atoms with Crippen molar-refractivity contribution in [3.05, 3.63) is 224 Å². The Labute approximate surface area is 363 Å². The van der Waals surface area contributed by atoms with Gasteiger partial charge in [0, 0.05) is 53.7 Å². The molecule has 292 valence electrons. The van der Waals surface area contributed by atoms with Gasteiger partial charge in [-0.1, -0.05) is 170 Å². The molecule has 1 aliphatic rings. The first-order valence-electron chi connectivity index (χ1n) is 21.1. The van der Waals surface area contributed by atoms with Crippen LogP contribution >= 0.6 is 11.3 Å². The fourth-order valence-corrected chi connectivity index (χ4v) is 10.4. The third kappa shape index (κ3) is 6.34. The molecule has 0 saturated heterocycles. The number of hydrogen-bond acceptors (Lipinski definition) is 4. The van der Waals surface area contributed by atoms with Crippen LogP contribution < -0.4 is 0 Å². The minimum Gasteiger partial charge on any atom is -0.309 e. The van der Waals surface area contributed by atoms with E-state index >= 15 is 0 Å². The van der Waals surface area contributed by atoms with Gasteiger partial charge in [0.15, 0.2) is 17.5 Å². The van der Waals surface area contributed by atoms with Crippen LogP contribution in [0.4, 0.5) is 0 Å². The highest BCUT2D eigenvalue weighted by atomic mass is 32.1. The zero-order valence-corrected chi connectivity index (χ0v) is 34.5. The topological polar surface area (TPSA) is 43.6 Å². The lowest BCUT2D eigenvalue weighted by atomic mass is 9.84. The van der Waals surface area contributed by atoms with Crippen LogP contribution in [-0.4, -0.2) is 19.5 Å². The molecule has 12 rings (SSSR count). The maximum atomic E-state index is 5.12. The molecule has 0 saturated carbocycles. The van der Waals surface area contributed by atoms with Gasteiger partial charge in [0.2, 0.25) is 0 Å². The van der Waals surface area contributed by atoms with Gasteiger partial charge in [-0.3, -0.25) is 0 Å². The Balaban J connectivity index is 1.01. The Bertz CT molecular complexity index is 3490. The van der Waals surface area contributed by atoms with Crippen LogP contribution in [0.25, 0.3) is 98.3 Å². The number of aromatic nitrogens is 4. The number of nitrogens with zero attached hydrogens (tertiary/aromatic N) is 4. The predicted molar refractivity (Wildman–Crippen MR) is 260 cm³/mol. The van der Waals surface area contributed by atoms with Gasteiger partial charge in [-0.2, -0.15) is 0 Å². The lowest BCUT2D eigenvalue weighted by Crippen LogP contribution is -2.07. The quantitative estimate of drug-likeness (QED) is 0.161. The summed E-state index contributed by atoms with van der Waals surface area (Å²) in [6.07, 6.45) is 7.44. The van der Waals surface area contributed by atoms with Crippen molar-refractivity contribution in [2.75, 3.05) is 0 Å². The summed E-state index contributed by atoms with van der Waals surface area (Å²) in [5.74, 6) is 2.15. The molecular weight excluding hydrogens is 773 g/mol. The molecule has 0 radical (unpaired) electrons. The van der Waals surface area contributed by atoms with E-state index in [0.717, 1.165) is 28.8 Å². The number of allylic oxidation sites excluding steroid dienone is 4. The molecule has 0 aliphatic heterocycles. The fraction of sp³-hybridized carbons (Fsp3) is 0.0351. The Morgan fingerprint density at radius 2 is 1.08 bits per heavy atom. The second-order valence-electron chi connectivity index (χ2n) is 16.0. The summed E-state index contributed by atoms with van der Waals surface area (Å²) in [7, 11) is 0. The second-order valence-corrected chi connectivity index (χ2v) is 17.0. The highest BCUT2D eigenvalue weighted by molar-refractivity contribution is 7.26. The Morgan fingerprint density at radius 1 is 0.452 bits per heavy atom. The molecule has 1 atom stereocenters. The summed E-state index contributed by atoms with van der Waals surface area (Å²) >= 11 is 1.88. The summed E-state index contributed by atoms with van der Waals surface area (Å²) in [4.78, 5) is 15.2. The molecule has 4 nitrogen and oxygen atoms in total. The van der Waals surface area contributed by atoms with Crippen LogP contribution in [0.2, 0.25) is 0 Å². The highest BCUT2D eigenvalue weighted by Gasteiger charge is 2.22. The maximum Gasteiger partial charge on any atom is 0.164 e. The van der Waals surface area contributed by atoms with Crippen molar-refractivity contribution in [3.8, 4) is 50.7 Å². The van der Waals surface area contributed by atoms with E-state index in [1.165, 1.54) is 69.8 Å². The van der Waals surface area contributed by atoms with Gasteiger partial charge >= 0.3 is 0 Å². The highest BCUT2D eigenvalue weighted by Crippen LogP contribution is 2.44. The average Bonchev–Trinajstić information content (AvgIpc) is 3.90. The third-order valence-corrected chi connectivity index (χ3v) is 13.4. The number of thiophene rings is 1. The van der Waals surface area contributed by atoms with Gasteiger partial charge in [-0.15, -0.1) is 11.3 Å². The van der Waals surface area contributed by atoms with Crippen LogP contribution in [0.1, 0.15) is 23.7 Å². The molecule has 3 heterocycles. The molecule has 0 fully saturated rings. The van der Waals surface area contributed by atoms with E-state index in [0.29, 0.717) is 17.5 Å². The van der Waals surface area contributed by atoms with Crippen molar-refractivity contribution in [2.45, 2.75) is 12.3 Å². The zero-order chi connectivity index (χ0) is 41.0. The van der Waals surface area contributed by atoms with Gasteiger partial charge in [0.25, 0.3) is 0 Å². The summed E-state index contributed by atoms with van der Waals surface area (Å²) in [6.45, 7) is 0. The summed E-state index contributed by atoms with van der Waals surface area (Å²) in [5, 5.41) is 5.08. The van der Waals surface area contributed by atoms with Gasteiger partial charge in [-0.05, 0) is 82.3 Å². The van der Waals surface area contributed by atoms with E-state index in [-0.39, 0.29) is 5.92 Å². The molecule has 11 aromatic rings. The van der Waals surface area contributed by atoms with Gasteiger partial charge in [0.1, 0.15) is 0 Å². The van der Waals surface area contributed by atoms with Crippen LogP contribution in [0.5, 0.6) is 0 Å². The van der Waals surface area contributed by atoms with Crippen molar-refractivity contribution in [2.24, 2.45) is 0 Å². The molecule has 0 amide bonds. The molecule has 3 aromatic heterocycles. The van der Waals surface area contributed by atoms with Crippen molar-refractivity contribution in [1.29, 1.82) is 0 Å². The second kappa shape index (κ2) is 15.1. The first-order valence-corrected chi connectivity index (χ1v) is 21.9. The van der Waals surface area contributed by atoms with E-state index in [1.54, 1.807) is 0 Å². The molecule has 1 unspecified atom stereocenters. The molecule has 1 aliphatic carbocycles. The Hall–Kier alpha value is -7.73. The predicted octanol–water partition coefficient (Wildman–Crippen LogP) is 15.1. The van der Waals surface area contributed by atoms with Crippen molar-refractivity contribution in [1.82, 2.24) is 19.5 Å². The van der Waals surface area contributed by atoms with E-state index < -0.39 is 0 Å². The summed E-state index contributed by atoms with van der Waals surface area (Å²) < 4.78 is 5.00. The summed E-state index contributed by atoms with van der Waals surface area (Å²) in [6, 6.07) is 69.6. The summed E-state index contributed by atoms with van der Waals surface area (Å²) in [5.41, 5.74) is 12.7. The normalized spacial score (nSPS) is 13.9. The minimum atomic E-state index is 0.0937. The average molecular weight is 811 g/mol. The number of para-hydroxylation sites is 2. The number of hydrogen-bond donors (Lipinski definition) is 0. The SMILES string of the molecule is C1=CC(c2cc(-c3ccc4c(c3)c3ccccc3n4-c3ccccc3)cc(-c3cccc4c3sc3ccccc34)c2)CC(c2nc(-c3ccccc3)nc(-c3ccccc3)n2)=C1.